The van der Waals surface area contributed by atoms with Crippen molar-refractivity contribution in [2.24, 2.45) is 0 Å². The average Bonchev–Trinajstić information content (AvgIpc) is 2.95. The summed E-state index contributed by atoms with van der Waals surface area (Å²) in [6.07, 6.45) is 0.388. The van der Waals surface area contributed by atoms with Crippen molar-refractivity contribution in [3.05, 3.63) is 53.6 Å². The third kappa shape index (κ3) is 2.49. The maximum Gasteiger partial charge on any atom is 0.120 e. The van der Waals surface area contributed by atoms with Gasteiger partial charge in [0.05, 0.1) is 36.4 Å². The molecule has 3 rings (SSSR count). The Hall–Kier alpha value is -3.24. The Bertz CT molecular complexity index is 969. The highest BCUT2D eigenvalue weighted by molar-refractivity contribution is 5.95. The second-order valence-corrected chi connectivity index (χ2v) is 5.49. The molecule has 0 aliphatic rings. The monoisotopic (exact) mass is 315 g/mol. The zero-order chi connectivity index (χ0) is 17.1. The Morgan fingerprint density at radius 3 is 2.42 bits per heavy atom. The van der Waals surface area contributed by atoms with E-state index in [0.29, 0.717) is 12.0 Å². The maximum absolute atomic E-state index is 9.71. The smallest absolute Gasteiger partial charge is 0.120 e. The number of methoxy groups -OCH3 is 1. The third-order valence-corrected chi connectivity index (χ3v) is 4.21. The predicted octanol–water partition coefficient (Wildman–Crippen LogP) is 4.27. The van der Waals surface area contributed by atoms with E-state index >= 15 is 0 Å². The highest BCUT2D eigenvalue weighted by Gasteiger charge is 2.18. The fourth-order valence-corrected chi connectivity index (χ4v) is 3.07. The van der Waals surface area contributed by atoms with Crippen molar-refractivity contribution in [1.29, 1.82) is 10.5 Å². The molecule has 0 fully saturated rings. The van der Waals surface area contributed by atoms with Crippen LogP contribution in [0.15, 0.2) is 42.5 Å². The summed E-state index contributed by atoms with van der Waals surface area (Å²) in [4.78, 5) is 0. The Balaban J connectivity index is 2.26. The van der Waals surface area contributed by atoms with E-state index in [2.05, 4.69) is 23.6 Å². The number of aryl methyl sites for hydroxylation is 1. The lowest BCUT2D eigenvalue weighted by Gasteiger charge is -2.09. The Morgan fingerprint density at radius 1 is 1.08 bits per heavy atom. The van der Waals surface area contributed by atoms with Gasteiger partial charge in [-0.1, -0.05) is 24.3 Å². The van der Waals surface area contributed by atoms with Crippen LogP contribution in [0.25, 0.3) is 22.2 Å². The SMILES string of the molecule is CCn1c(-c2ccc(CC#N)cc2)c(C#N)c2ccc(OC)cc21. The molecule has 0 radical (unpaired) electrons. The highest BCUT2D eigenvalue weighted by Crippen LogP contribution is 2.35. The van der Waals surface area contributed by atoms with Crippen LogP contribution in [-0.4, -0.2) is 11.7 Å². The van der Waals surface area contributed by atoms with E-state index < -0.39 is 0 Å². The van der Waals surface area contributed by atoms with Gasteiger partial charge in [-0.25, -0.2) is 0 Å². The Labute approximate surface area is 141 Å². The zero-order valence-corrected chi connectivity index (χ0v) is 13.7. The summed E-state index contributed by atoms with van der Waals surface area (Å²) >= 11 is 0. The minimum absolute atomic E-state index is 0.388. The largest absolute Gasteiger partial charge is 0.497 e. The molecule has 0 saturated heterocycles. The van der Waals surface area contributed by atoms with Crippen molar-refractivity contribution in [3.63, 3.8) is 0 Å². The molecule has 2 aromatic carbocycles. The van der Waals surface area contributed by atoms with E-state index in [1.165, 1.54) is 0 Å². The summed E-state index contributed by atoms with van der Waals surface area (Å²) in [5.41, 5.74) is 4.52. The van der Waals surface area contributed by atoms with Gasteiger partial charge in [-0.3, -0.25) is 0 Å². The predicted molar refractivity (Wildman–Crippen MR) is 93.6 cm³/mol. The first-order chi connectivity index (χ1) is 11.7. The molecule has 0 aliphatic carbocycles. The van der Waals surface area contributed by atoms with Gasteiger partial charge in [-0.2, -0.15) is 10.5 Å². The van der Waals surface area contributed by atoms with Crippen LogP contribution in [0, 0.1) is 22.7 Å². The van der Waals surface area contributed by atoms with Gasteiger partial charge in [-0.15, -0.1) is 0 Å². The Kier molecular flexibility index (Phi) is 4.22. The number of benzene rings is 2. The number of fused-ring (bicyclic) bond motifs is 1. The van der Waals surface area contributed by atoms with Crippen molar-refractivity contribution in [2.45, 2.75) is 19.9 Å². The van der Waals surface area contributed by atoms with Crippen molar-refractivity contribution in [1.82, 2.24) is 4.57 Å². The van der Waals surface area contributed by atoms with Crippen LogP contribution in [0.5, 0.6) is 5.75 Å². The number of nitriles is 2. The normalized spacial score (nSPS) is 10.3. The molecule has 1 aromatic heterocycles. The summed E-state index contributed by atoms with van der Waals surface area (Å²) in [7, 11) is 1.64. The molecule has 118 valence electrons. The number of nitrogens with zero attached hydrogens (tertiary/aromatic N) is 3. The van der Waals surface area contributed by atoms with Crippen molar-refractivity contribution >= 4 is 10.9 Å². The van der Waals surface area contributed by atoms with E-state index in [0.717, 1.165) is 40.0 Å². The van der Waals surface area contributed by atoms with Crippen LogP contribution in [0.3, 0.4) is 0 Å². The first-order valence-corrected chi connectivity index (χ1v) is 7.80. The molecule has 0 amide bonds. The second-order valence-electron chi connectivity index (χ2n) is 5.49. The first kappa shape index (κ1) is 15.6. The average molecular weight is 315 g/mol. The van der Waals surface area contributed by atoms with Gasteiger partial charge < -0.3 is 9.30 Å². The number of ether oxygens (including phenoxy) is 1. The molecule has 0 spiro atoms. The van der Waals surface area contributed by atoms with Gasteiger partial charge in [0.1, 0.15) is 11.8 Å². The van der Waals surface area contributed by atoms with Crippen LogP contribution in [0.1, 0.15) is 18.1 Å². The van der Waals surface area contributed by atoms with E-state index in [4.69, 9.17) is 10.00 Å². The molecular formula is C20H17N3O. The summed E-state index contributed by atoms with van der Waals surface area (Å²) in [6, 6.07) is 18.1. The van der Waals surface area contributed by atoms with Gasteiger partial charge in [0.15, 0.2) is 0 Å². The number of hydrogen-bond donors (Lipinski definition) is 0. The first-order valence-electron chi connectivity index (χ1n) is 7.80. The summed E-state index contributed by atoms with van der Waals surface area (Å²) in [6.45, 7) is 2.81. The van der Waals surface area contributed by atoms with Gasteiger partial charge in [0, 0.05) is 18.0 Å². The molecule has 0 N–H and O–H groups in total. The lowest BCUT2D eigenvalue weighted by atomic mass is 10.0. The van der Waals surface area contributed by atoms with E-state index in [1.54, 1.807) is 7.11 Å². The van der Waals surface area contributed by atoms with Crippen LogP contribution < -0.4 is 4.74 Å². The van der Waals surface area contributed by atoms with Crippen LogP contribution in [0.4, 0.5) is 0 Å². The fourth-order valence-electron chi connectivity index (χ4n) is 3.07. The van der Waals surface area contributed by atoms with E-state index in [9.17, 15) is 5.26 Å². The van der Waals surface area contributed by atoms with Crippen LogP contribution >= 0.6 is 0 Å². The molecule has 24 heavy (non-hydrogen) atoms. The molecule has 1 heterocycles. The lowest BCUT2D eigenvalue weighted by Crippen LogP contribution is -1.98. The fraction of sp³-hybridized carbons (Fsp3) is 0.200. The van der Waals surface area contributed by atoms with E-state index in [1.807, 2.05) is 42.5 Å². The van der Waals surface area contributed by atoms with Crippen LogP contribution in [-0.2, 0) is 13.0 Å². The van der Waals surface area contributed by atoms with Crippen molar-refractivity contribution in [2.75, 3.05) is 7.11 Å². The number of rotatable bonds is 4. The lowest BCUT2D eigenvalue weighted by molar-refractivity contribution is 0.415. The molecule has 0 atom stereocenters. The topological polar surface area (TPSA) is 61.7 Å². The molecule has 0 bridgehead atoms. The van der Waals surface area contributed by atoms with Crippen molar-refractivity contribution in [3.8, 4) is 29.1 Å². The summed E-state index contributed by atoms with van der Waals surface area (Å²) < 4.78 is 7.46. The van der Waals surface area contributed by atoms with Gasteiger partial charge in [-0.05, 0) is 30.2 Å². The number of hydrogen-bond acceptors (Lipinski definition) is 3. The molecule has 4 nitrogen and oxygen atoms in total. The maximum atomic E-state index is 9.71. The van der Waals surface area contributed by atoms with E-state index in [-0.39, 0.29) is 0 Å². The minimum Gasteiger partial charge on any atom is -0.497 e. The molecule has 0 saturated carbocycles. The zero-order valence-electron chi connectivity index (χ0n) is 13.7. The third-order valence-electron chi connectivity index (χ3n) is 4.21. The van der Waals surface area contributed by atoms with Crippen molar-refractivity contribution < 1.29 is 4.74 Å². The molecule has 4 heteroatoms. The second kappa shape index (κ2) is 6.48. The highest BCUT2D eigenvalue weighted by atomic mass is 16.5. The van der Waals surface area contributed by atoms with Gasteiger partial charge in [0.25, 0.3) is 0 Å². The molecular weight excluding hydrogens is 298 g/mol. The van der Waals surface area contributed by atoms with Crippen LogP contribution in [0.2, 0.25) is 0 Å². The summed E-state index contributed by atoms with van der Waals surface area (Å²) in [5.74, 6) is 0.773. The molecule has 3 aromatic rings. The van der Waals surface area contributed by atoms with Gasteiger partial charge >= 0.3 is 0 Å². The number of aromatic nitrogens is 1. The summed E-state index contributed by atoms with van der Waals surface area (Å²) in [5, 5.41) is 19.4. The quantitative estimate of drug-likeness (QED) is 0.722. The standard InChI is InChI=1S/C20H17N3O/c1-3-23-19-12-16(24-2)8-9-17(19)18(13-22)20(23)15-6-4-14(5-7-15)10-11-21/h4-9,12H,3,10H2,1-2H3. The van der Waals surface area contributed by atoms with Gasteiger partial charge in [0.2, 0.25) is 0 Å². The molecule has 0 unspecified atom stereocenters. The molecule has 0 aliphatic heterocycles. The Morgan fingerprint density at radius 2 is 1.83 bits per heavy atom. The minimum atomic E-state index is 0.388.